The lowest BCUT2D eigenvalue weighted by Crippen LogP contribution is -2.30. The number of tetrazole rings is 1. The summed E-state index contributed by atoms with van der Waals surface area (Å²) in [4.78, 5) is 14.5. The Morgan fingerprint density at radius 2 is 1.92 bits per heavy atom. The number of hydrogen-bond acceptors (Lipinski definition) is 6. The van der Waals surface area contributed by atoms with Gasteiger partial charge >= 0.3 is 0 Å². The zero-order valence-corrected chi connectivity index (χ0v) is 17.0. The molecule has 0 radical (unpaired) electrons. The van der Waals surface area contributed by atoms with Crippen LogP contribution in [0.25, 0.3) is 0 Å². The molecule has 7 nitrogen and oxygen atoms in total. The maximum absolute atomic E-state index is 12.2. The average Bonchev–Trinajstić information content (AvgIpc) is 3.01. The van der Waals surface area contributed by atoms with Crippen LogP contribution in [0, 0.1) is 5.92 Å². The van der Waals surface area contributed by atoms with Crippen LogP contribution < -0.4 is 10.2 Å². The Balaban J connectivity index is 1.89. The maximum Gasteiger partial charge on any atom is 0.234 e. The molecule has 26 heavy (non-hydrogen) atoms. The molecule has 0 aliphatic rings. The van der Waals surface area contributed by atoms with Crippen LogP contribution in [-0.2, 0) is 11.3 Å². The first kappa shape index (κ1) is 20.2. The summed E-state index contributed by atoms with van der Waals surface area (Å²) in [5.74, 6) is 0.643. The SMILES string of the molecule is CCN(c1ccc(NC(=O)CSc2nnnn2CC(C)C)cc1)C(C)C. The Bertz CT molecular complexity index is 698. The van der Waals surface area contributed by atoms with E-state index >= 15 is 0 Å². The van der Waals surface area contributed by atoms with Gasteiger partial charge in [0, 0.05) is 30.5 Å². The largest absolute Gasteiger partial charge is 0.369 e. The van der Waals surface area contributed by atoms with Crippen molar-refractivity contribution in [3.05, 3.63) is 24.3 Å². The summed E-state index contributed by atoms with van der Waals surface area (Å²) in [5.41, 5.74) is 1.95. The number of benzene rings is 1. The molecule has 0 atom stereocenters. The summed E-state index contributed by atoms with van der Waals surface area (Å²) in [7, 11) is 0. The van der Waals surface area contributed by atoms with Crippen LogP contribution in [-0.4, -0.2) is 44.5 Å². The molecule has 0 aliphatic heterocycles. The first-order valence-electron chi connectivity index (χ1n) is 8.96. The van der Waals surface area contributed by atoms with Gasteiger partial charge in [0.05, 0.1) is 5.75 Å². The van der Waals surface area contributed by atoms with Crippen LogP contribution in [0.1, 0.15) is 34.6 Å². The lowest BCUT2D eigenvalue weighted by Gasteiger charge is -2.27. The summed E-state index contributed by atoms with van der Waals surface area (Å²) < 4.78 is 1.74. The molecule has 8 heteroatoms. The summed E-state index contributed by atoms with van der Waals surface area (Å²) >= 11 is 1.35. The zero-order chi connectivity index (χ0) is 19.1. The van der Waals surface area contributed by atoms with E-state index in [-0.39, 0.29) is 11.7 Å². The highest BCUT2D eigenvalue weighted by Crippen LogP contribution is 2.20. The minimum Gasteiger partial charge on any atom is -0.369 e. The predicted molar refractivity (Wildman–Crippen MR) is 107 cm³/mol. The van der Waals surface area contributed by atoms with E-state index in [2.05, 4.69) is 60.4 Å². The van der Waals surface area contributed by atoms with Crippen molar-refractivity contribution in [1.29, 1.82) is 0 Å². The van der Waals surface area contributed by atoms with Crippen molar-refractivity contribution in [3.63, 3.8) is 0 Å². The molecule has 0 spiro atoms. The number of nitrogens with one attached hydrogen (secondary N) is 1. The lowest BCUT2D eigenvalue weighted by atomic mass is 10.2. The van der Waals surface area contributed by atoms with Crippen molar-refractivity contribution < 1.29 is 4.79 Å². The standard InChI is InChI=1S/C18H28N6OS/c1-6-23(14(4)5)16-9-7-15(8-10-16)19-17(25)12-26-18-20-21-22-24(18)11-13(2)3/h7-10,13-14H,6,11-12H2,1-5H3,(H,19,25). The second-order valence-corrected chi connectivity index (χ2v) is 7.74. The number of nitrogens with zero attached hydrogens (tertiary/aromatic N) is 5. The minimum absolute atomic E-state index is 0.0712. The first-order chi connectivity index (χ1) is 12.4. The number of anilines is 2. The van der Waals surface area contributed by atoms with Gasteiger partial charge in [-0.05, 0) is 61.4 Å². The Morgan fingerprint density at radius 3 is 2.50 bits per heavy atom. The van der Waals surface area contributed by atoms with Crippen molar-refractivity contribution in [2.24, 2.45) is 5.92 Å². The molecule has 0 bridgehead atoms. The fourth-order valence-electron chi connectivity index (χ4n) is 2.67. The van der Waals surface area contributed by atoms with Gasteiger partial charge in [0.1, 0.15) is 0 Å². The molecule has 2 rings (SSSR count). The topological polar surface area (TPSA) is 75.9 Å². The predicted octanol–water partition coefficient (Wildman–Crippen LogP) is 3.29. The van der Waals surface area contributed by atoms with Crippen molar-refractivity contribution in [1.82, 2.24) is 20.2 Å². The van der Waals surface area contributed by atoms with Gasteiger partial charge in [0.25, 0.3) is 0 Å². The highest BCUT2D eigenvalue weighted by atomic mass is 32.2. The van der Waals surface area contributed by atoms with Gasteiger partial charge in [-0.25, -0.2) is 4.68 Å². The van der Waals surface area contributed by atoms with Crippen molar-refractivity contribution in [3.8, 4) is 0 Å². The summed E-state index contributed by atoms with van der Waals surface area (Å²) in [6.07, 6.45) is 0. The molecule has 1 N–H and O–H groups in total. The fourth-order valence-corrected chi connectivity index (χ4v) is 3.36. The van der Waals surface area contributed by atoms with Gasteiger partial charge in [0.15, 0.2) is 0 Å². The maximum atomic E-state index is 12.2. The Hall–Kier alpha value is -2.09. The molecule has 0 fully saturated rings. The lowest BCUT2D eigenvalue weighted by molar-refractivity contribution is -0.113. The van der Waals surface area contributed by atoms with Gasteiger partial charge in [-0.1, -0.05) is 25.6 Å². The molecule has 0 unspecified atom stereocenters. The van der Waals surface area contributed by atoms with Crippen molar-refractivity contribution >= 4 is 29.0 Å². The van der Waals surface area contributed by atoms with E-state index < -0.39 is 0 Å². The van der Waals surface area contributed by atoms with Gasteiger partial charge < -0.3 is 10.2 Å². The summed E-state index contributed by atoms with van der Waals surface area (Å²) in [6, 6.07) is 8.39. The van der Waals surface area contributed by atoms with Crippen LogP contribution in [0.2, 0.25) is 0 Å². The van der Waals surface area contributed by atoms with E-state index in [1.165, 1.54) is 11.8 Å². The van der Waals surface area contributed by atoms with E-state index in [0.717, 1.165) is 24.5 Å². The second kappa shape index (κ2) is 9.56. The average molecular weight is 377 g/mol. The molecule has 0 saturated heterocycles. The van der Waals surface area contributed by atoms with Crippen LogP contribution in [0.5, 0.6) is 0 Å². The Labute approximate surface area is 159 Å². The van der Waals surface area contributed by atoms with E-state index in [4.69, 9.17) is 0 Å². The van der Waals surface area contributed by atoms with Crippen LogP contribution in [0.15, 0.2) is 29.4 Å². The van der Waals surface area contributed by atoms with Gasteiger partial charge in [-0.3, -0.25) is 4.79 Å². The summed E-state index contributed by atoms with van der Waals surface area (Å²) in [5, 5.41) is 15.2. The summed E-state index contributed by atoms with van der Waals surface area (Å²) in [6.45, 7) is 12.4. The smallest absolute Gasteiger partial charge is 0.234 e. The van der Waals surface area contributed by atoms with E-state index in [1.54, 1.807) is 4.68 Å². The van der Waals surface area contributed by atoms with E-state index in [9.17, 15) is 4.79 Å². The fraction of sp³-hybridized carbons (Fsp3) is 0.556. The monoisotopic (exact) mass is 376 g/mol. The third-order valence-electron chi connectivity index (χ3n) is 3.82. The van der Waals surface area contributed by atoms with Gasteiger partial charge in [-0.15, -0.1) is 5.10 Å². The highest BCUT2D eigenvalue weighted by Gasteiger charge is 2.12. The quantitative estimate of drug-likeness (QED) is 0.677. The molecule has 1 aromatic heterocycles. The molecule has 0 aliphatic carbocycles. The molecule has 1 heterocycles. The minimum atomic E-state index is -0.0712. The normalized spacial score (nSPS) is 11.2. The third-order valence-corrected chi connectivity index (χ3v) is 4.77. The Kier molecular flexibility index (Phi) is 7.44. The number of carbonyl (C=O) groups excluding carboxylic acids is 1. The number of rotatable bonds is 9. The zero-order valence-electron chi connectivity index (χ0n) is 16.1. The molecular formula is C18H28N6OS. The first-order valence-corrected chi connectivity index (χ1v) is 9.94. The molecule has 142 valence electrons. The second-order valence-electron chi connectivity index (χ2n) is 6.80. The number of aromatic nitrogens is 4. The van der Waals surface area contributed by atoms with Gasteiger partial charge in [0.2, 0.25) is 11.1 Å². The van der Waals surface area contributed by atoms with Crippen LogP contribution in [0.4, 0.5) is 11.4 Å². The van der Waals surface area contributed by atoms with Crippen LogP contribution >= 0.6 is 11.8 Å². The van der Waals surface area contributed by atoms with Crippen molar-refractivity contribution in [2.45, 2.75) is 52.4 Å². The highest BCUT2D eigenvalue weighted by molar-refractivity contribution is 7.99. The molecule has 1 amide bonds. The third kappa shape index (κ3) is 5.72. The van der Waals surface area contributed by atoms with Gasteiger partial charge in [-0.2, -0.15) is 0 Å². The molecular weight excluding hydrogens is 348 g/mol. The molecule has 0 saturated carbocycles. The van der Waals surface area contributed by atoms with E-state index in [0.29, 0.717) is 17.1 Å². The van der Waals surface area contributed by atoms with Crippen LogP contribution in [0.3, 0.4) is 0 Å². The molecule has 2 aromatic rings. The number of amides is 1. The van der Waals surface area contributed by atoms with Crippen molar-refractivity contribution in [2.75, 3.05) is 22.5 Å². The number of hydrogen-bond donors (Lipinski definition) is 1. The number of thioether (sulfide) groups is 1. The number of carbonyl (C=O) groups is 1. The van der Waals surface area contributed by atoms with E-state index in [1.807, 2.05) is 24.3 Å². The Morgan fingerprint density at radius 1 is 1.23 bits per heavy atom. The molecule has 1 aromatic carbocycles.